The van der Waals surface area contributed by atoms with Crippen molar-refractivity contribution >= 4 is 23.9 Å². The zero-order chi connectivity index (χ0) is 13.9. The first-order valence-corrected chi connectivity index (χ1v) is 6.85. The molecule has 0 atom stereocenters. The van der Waals surface area contributed by atoms with Crippen LogP contribution in [0.4, 0.5) is 4.79 Å². The van der Waals surface area contributed by atoms with Crippen LogP contribution < -0.4 is 5.32 Å². The van der Waals surface area contributed by atoms with Crippen LogP contribution in [0.3, 0.4) is 0 Å². The summed E-state index contributed by atoms with van der Waals surface area (Å²) in [5.41, 5.74) is 0.416. The van der Waals surface area contributed by atoms with E-state index in [0.717, 1.165) is 12.8 Å². The number of hydrogen-bond acceptors (Lipinski definition) is 2. The summed E-state index contributed by atoms with van der Waals surface area (Å²) in [7, 11) is 0. The minimum absolute atomic E-state index is 0.163. The highest BCUT2D eigenvalue weighted by Crippen LogP contribution is 2.04. The van der Waals surface area contributed by atoms with E-state index in [1.807, 2.05) is 0 Å². The highest BCUT2D eigenvalue weighted by molar-refractivity contribution is 6.42. The quantitative estimate of drug-likeness (QED) is 0.513. The summed E-state index contributed by atoms with van der Waals surface area (Å²) in [5.74, 6) is -0.163. The molecule has 0 saturated carbocycles. The van der Waals surface area contributed by atoms with Crippen LogP contribution >= 0.6 is 0 Å². The zero-order valence-corrected chi connectivity index (χ0v) is 11.4. The minimum atomic E-state index is -0.521. The van der Waals surface area contributed by atoms with Crippen LogP contribution in [-0.2, 0) is 4.79 Å². The Morgan fingerprint density at radius 2 is 2.00 bits per heavy atom. The van der Waals surface area contributed by atoms with Gasteiger partial charge in [0.2, 0.25) is 5.91 Å². The molecule has 0 bridgehead atoms. The summed E-state index contributed by atoms with van der Waals surface area (Å²) < 4.78 is 0. The van der Waals surface area contributed by atoms with Crippen molar-refractivity contribution in [1.29, 1.82) is 0 Å². The highest BCUT2D eigenvalue weighted by Gasteiger charge is 2.04. The number of urea groups is 1. The molecule has 5 nitrogen and oxygen atoms in total. The molecular weight excluding hydrogens is 242 g/mol. The third kappa shape index (κ3) is 7.28. The summed E-state index contributed by atoms with van der Waals surface area (Å²) in [6.07, 6.45) is 11.4. The molecule has 0 aromatic carbocycles. The first-order chi connectivity index (χ1) is 9.22. The Labute approximate surface area is 113 Å². The predicted molar refractivity (Wildman–Crippen MR) is 76.8 cm³/mol. The smallest absolute Gasteiger partial charge is 0.353 e. The molecule has 0 spiro atoms. The number of unbranched alkanes of at least 4 members (excludes halogenated alkanes) is 5. The standard InChI is InChI=1S/C14H21N3O2/c1-2-3-4-5-6-7-10-15-13(18)9-8-12-11-16-14(19)17-12/h8-9,11H,2-7,10H2,1H3,(H,15,18). The Morgan fingerprint density at radius 3 is 2.68 bits per heavy atom. The van der Waals surface area contributed by atoms with Gasteiger partial charge in [0.05, 0.1) is 11.9 Å². The number of rotatable bonds is 9. The predicted octanol–water partition coefficient (Wildman–Crippen LogP) is 2.66. The van der Waals surface area contributed by atoms with Gasteiger partial charge in [0.15, 0.2) is 0 Å². The molecule has 0 aromatic rings. The Kier molecular flexibility index (Phi) is 7.39. The number of aliphatic imine (C=N–C) groups is 2. The Hall–Kier alpha value is -1.78. The molecule has 19 heavy (non-hydrogen) atoms. The summed E-state index contributed by atoms with van der Waals surface area (Å²) >= 11 is 0. The van der Waals surface area contributed by atoms with Gasteiger partial charge in [-0.25, -0.2) is 4.79 Å². The van der Waals surface area contributed by atoms with E-state index in [-0.39, 0.29) is 5.91 Å². The van der Waals surface area contributed by atoms with E-state index in [4.69, 9.17) is 0 Å². The molecule has 0 fully saturated rings. The fourth-order valence-electron chi connectivity index (χ4n) is 1.71. The van der Waals surface area contributed by atoms with Crippen molar-refractivity contribution in [3.8, 4) is 0 Å². The van der Waals surface area contributed by atoms with Gasteiger partial charge in [0.1, 0.15) is 0 Å². The van der Waals surface area contributed by atoms with Crippen LogP contribution in [0.1, 0.15) is 45.4 Å². The second-order valence-electron chi connectivity index (χ2n) is 4.47. The molecule has 104 valence electrons. The SMILES string of the molecule is CCCCCCCCNC(=O)C=CC1=NC(=O)N=C1. The number of carbonyl (C=O) groups excluding carboxylic acids is 2. The fourth-order valence-corrected chi connectivity index (χ4v) is 1.71. The molecule has 0 aromatic heterocycles. The Bertz CT molecular complexity index is 397. The third-order valence-corrected chi connectivity index (χ3v) is 2.77. The lowest BCUT2D eigenvalue weighted by Gasteiger charge is -2.02. The van der Waals surface area contributed by atoms with Gasteiger partial charge >= 0.3 is 6.03 Å². The average molecular weight is 263 g/mol. The van der Waals surface area contributed by atoms with Gasteiger partial charge < -0.3 is 5.32 Å². The van der Waals surface area contributed by atoms with Gasteiger partial charge in [-0.15, -0.1) is 0 Å². The van der Waals surface area contributed by atoms with E-state index < -0.39 is 6.03 Å². The van der Waals surface area contributed by atoms with Gasteiger partial charge in [0, 0.05) is 12.6 Å². The topological polar surface area (TPSA) is 70.9 Å². The van der Waals surface area contributed by atoms with E-state index in [0.29, 0.717) is 12.3 Å². The van der Waals surface area contributed by atoms with Crippen LogP contribution in [0.2, 0.25) is 0 Å². The molecule has 0 aliphatic carbocycles. The maximum atomic E-state index is 11.4. The summed E-state index contributed by atoms with van der Waals surface area (Å²) in [4.78, 5) is 29.2. The lowest BCUT2D eigenvalue weighted by atomic mass is 10.1. The second kappa shape index (κ2) is 9.19. The molecule has 1 rings (SSSR count). The summed E-state index contributed by atoms with van der Waals surface area (Å²) in [5, 5.41) is 2.80. The molecule has 1 aliphatic heterocycles. The van der Waals surface area contributed by atoms with Crippen LogP contribution in [0.25, 0.3) is 0 Å². The molecule has 5 heteroatoms. The number of nitrogens with zero attached hydrogens (tertiary/aromatic N) is 2. The largest absolute Gasteiger partial charge is 0.367 e. The summed E-state index contributed by atoms with van der Waals surface area (Å²) in [6, 6.07) is -0.521. The monoisotopic (exact) mass is 263 g/mol. The van der Waals surface area contributed by atoms with Crippen molar-refractivity contribution in [2.45, 2.75) is 45.4 Å². The van der Waals surface area contributed by atoms with Crippen molar-refractivity contribution in [1.82, 2.24) is 5.32 Å². The van der Waals surface area contributed by atoms with E-state index in [9.17, 15) is 9.59 Å². The fraction of sp³-hybridized carbons (Fsp3) is 0.571. The number of amides is 3. The lowest BCUT2D eigenvalue weighted by Crippen LogP contribution is -2.22. The number of carbonyl (C=O) groups is 2. The normalized spacial score (nSPS) is 14.2. The molecule has 3 amide bonds. The highest BCUT2D eigenvalue weighted by atomic mass is 16.2. The Morgan fingerprint density at radius 1 is 1.26 bits per heavy atom. The minimum Gasteiger partial charge on any atom is -0.353 e. The van der Waals surface area contributed by atoms with Crippen molar-refractivity contribution in [2.75, 3.05) is 6.54 Å². The zero-order valence-electron chi connectivity index (χ0n) is 11.4. The summed E-state index contributed by atoms with van der Waals surface area (Å²) in [6.45, 7) is 2.88. The number of allylic oxidation sites excluding steroid dienone is 1. The van der Waals surface area contributed by atoms with E-state index in [1.54, 1.807) is 0 Å². The van der Waals surface area contributed by atoms with Crippen LogP contribution in [0, 0.1) is 0 Å². The first kappa shape index (κ1) is 15.3. The first-order valence-electron chi connectivity index (χ1n) is 6.85. The van der Waals surface area contributed by atoms with Gasteiger partial charge in [-0.1, -0.05) is 39.0 Å². The maximum absolute atomic E-state index is 11.4. The van der Waals surface area contributed by atoms with Crippen molar-refractivity contribution < 1.29 is 9.59 Å². The van der Waals surface area contributed by atoms with Crippen molar-refractivity contribution in [3.05, 3.63) is 12.2 Å². The molecule has 1 N–H and O–H groups in total. The van der Waals surface area contributed by atoms with Crippen LogP contribution in [0.5, 0.6) is 0 Å². The Balaban J connectivity index is 2.05. The number of hydrogen-bond donors (Lipinski definition) is 1. The number of nitrogens with one attached hydrogen (secondary N) is 1. The van der Waals surface area contributed by atoms with E-state index in [2.05, 4.69) is 22.2 Å². The van der Waals surface area contributed by atoms with Gasteiger partial charge in [-0.3, -0.25) is 4.79 Å². The molecule has 1 aliphatic rings. The molecule has 0 radical (unpaired) electrons. The van der Waals surface area contributed by atoms with Gasteiger partial charge in [0.25, 0.3) is 0 Å². The van der Waals surface area contributed by atoms with Gasteiger partial charge in [-0.05, 0) is 12.5 Å². The average Bonchev–Trinajstić information content (AvgIpc) is 2.81. The molecule has 0 saturated heterocycles. The second-order valence-corrected chi connectivity index (χ2v) is 4.47. The van der Waals surface area contributed by atoms with Gasteiger partial charge in [-0.2, -0.15) is 9.98 Å². The molecule has 1 heterocycles. The van der Waals surface area contributed by atoms with Crippen LogP contribution in [-0.4, -0.2) is 30.4 Å². The molecular formula is C14H21N3O2. The van der Waals surface area contributed by atoms with E-state index in [1.165, 1.54) is 44.0 Å². The van der Waals surface area contributed by atoms with E-state index >= 15 is 0 Å². The lowest BCUT2D eigenvalue weighted by molar-refractivity contribution is -0.116. The maximum Gasteiger partial charge on any atom is 0.367 e. The third-order valence-electron chi connectivity index (χ3n) is 2.77. The van der Waals surface area contributed by atoms with Crippen LogP contribution in [0.15, 0.2) is 22.1 Å². The van der Waals surface area contributed by atoms with Crippen molar-refractivity contribution in [3.63, 3.8) is 0 Å². The van der Waals surface area contributed by atoms with Crippen molar-refractivity contribution in [2.24, 2.45) is 9.98 Å². The molecule has 0 unspecified atom stereocenters.